The van der Waals surface area contributed by atoms with Crippen LogP contribution in [0.4, 0.5) is 11.4 Å². The van der Waals surface area contributed by atoms with Gasteiger partial charge in [-0.3, -0.25) is 4.79 Å². The first-order valence-electron chi connectivity index (χ1n) is 6.37. The molecule has 98 valence electrons. The molecule has 1 heterocycles. The molecule has 2 N–H and O–H groups in total. The Morgan fingerprint density at radius 3 is 2.83 bits per heavy atom. The summed E-state index contributed by atoms with van der Waals surface area (Å²) in [5.74, 6) is 0.130. The molecule has 4 nitrogen and oxygen atoms in total. The lowest BCUT2D eigenvalue weighted by Crippen LogP contribution is -2.46. The number of carbonyl (C=O) groups excluding carboxylic acids is 1. The minimum Gasteiger partial charge on any atom is -0.398 e. The summed E-state index contributed by atoms with van der Waals surface area (Å²) in [6.07, 6.45) is 2.05. The molecule has 1 amide bonds. The molecule has 0 aromatic heterocycles. The molecule has 0 fully saturated rings. The van der Waals surface area contributed by atoms with Crippen LogP contribution in [-0.4, -0.2) is 37.5 Å². The van der Waals surface area contributed by atoms with Crippen molar-refractivity contribution < 1.29 is 4.79 Å². The van der Waals surface area contributed by atoms with Crippen molar-refractivity contribution in [2.24, 2.45) is 0 Å². The van der Waals surface area contributed by atoms with Gasteiger partial charge in [0.15, 0.2) is 0 Å². The maximum Gasteiger partial charge on any atom is 0.244 e. The molecule has 18 heavy (non-hydrogen) atoms. The highest BCUT2D eigenvalue weighted by Gasteiger charge is 2.27. The van der Waals surface area contributed by atoms with E-state index < -0.39 is 0 Å². The molecule has 0 saturated heterocycles. The number of nitrogen functional groups attached to an aromatic ring is 1. The second-order valence-electron chi connectivity index (χ2n) is 5.05. The largest absolute Gasteiger partial charge is 0.398 e. The quantitative estimate of drug-likeness (QED) is 0.806. The third-order valence-corrected chi connectivity index (χ3v) is 3.59. The van der Waals surface area contributed by atoms with Crippen molar-refractivity contribution in [2.75, 3.05) is 31.3 Å². The van der Waals surface area contributed by atoms with Crippen LogP contribution < -0.4 is 10.6 Å². The van der Waals surface area contributed by atoms with E-state index in [-0.39, 0.29) is 11.9 Å². The van der Waals surface area contributed by atoms with Gasteiger partial charge in [-0.15, -0.1) is 0 Å². The Morgan fingerprint density at radius 2 is 2.17 bits per heavy atom. The number of fused-ring (bicyclic) bond motifs is 1. The lowest BCUT2D eigenvalue weighted by atomic mass is 9.98. The van der Waals surface area contributed by atoms with Crippen molar-refractivity contribution >= 4 is 17.3 Å². The third kappa shape index (κ3) is 2.15. The average molecular weight is 247 g/mol. The summed E-state index contributed by atoms with van der Waals surface area (Å²) in [5.41, 5.74) is 9.15. The van der Waals surface area contributed by atoms with Crippen LogP contribution in [0.5, 0.6) is 0 Å². The van der Waals surface area contributed by atoms with Crippen LogP contribution in [0.15, 0.2) is 18.2 Å². The van der Waals surface area contributed by atoms with E-state index in [0.29, 0.717) is 0 Å². The molecule has 0 spiro atoms. The number of carbonyl (C=O) groups is 1. The van der Waals surface area contributed by atoms with Gasteiger partial charge in [0.1, 0.15) is 6.04 Å². The van der Waals surface area contributed by atoms with Gasteiger partial charge in [-0.1, -0.05) is 6.07 Å². The summed E-state index contributed by atoms with van der Waals surface area (Å²) in [5, 5.41) is 0. The fraction of sp³-hybridized carbons (Fsp3) is 0.500. The molecule has 0 bridgehead atoms. The molecule has 0 saturated carbocycles. The van der Waals surface area contributed by atoms with Gasteiger partial charge in [0.2, 0.25) is 5.91 Å². The Morgan fingerprint density at radius 1 is 1.44 bits per heavy atom. The van der Waals surface area contributed by atoms with Crippen molar-refractivity contribution in [3.8, 4) is 0 Å². The van der Waals surface area contributed by atoms with Crippen molar-refractivity contribution in [1.82, 2.24) is 4.90 Å². The Kier molecular flexibility index (Phi) is 3.45. The van der Waals surface area contributed by atoms with E-state index in [0.717, 1.165) is 30.8 Å². The van der Waals surface area contributed by atoms with Crippen molar-refractivity contribution in [1.29, 1.82) is 0 Å². The second kappa shape index (κ2) is 4.88. The molecule has 4 heteroatoms. The van der Waals surface area contributed by atoms with Crippen LogP contribution in [0.1, 0.15) is 18.9 Å². The number of nitrogens with zero attached hydrogens (tertiary/aromatic N) is 2. The number of anilines is 2. The van der Waals surface area contributed by atoms with E-state index in [1.54, 1.807) is 19.0 Å². The van der Waals surface area contributed by atoms with Gasteiger partial charge in [-0.05, 0) is 37.5 Å². The predicted octanol–water partition coefficient (Wildman–Crippen LogP) is 1.50. The van der Waals surface area contributed by atoms with E-state index >= 15 is 0 Å². The van der Waals surface area contributed by atoms with E-state index in [9.17, 15) is 4.79 Å². The van der Waals surface area contributed by atoms with E-state index in [1.807, 2.05) is 19.1 Å². The van der Waals surface area contributed by atoms with Gasteiger partial charge in [-0.25, -0.2) is 0 Å². The van der Waals surface area contributed by atoms with Crippen molar-refractivity contribution in [2.45, 2.75) is 25.8 Å². The maximum atomic E-state index is 12.1. The lowest BCUT2D eigenvalue weighted by Gasteiger charge is -2.36. The van der Waals surface area contributed by atoms with Gasteiger partial charge >= 0.3 is 0 Å². The summed E-state index contributed by atoms with van der Waals surface area (Å²) in [6.45, 7) is 2.87. The fourth-order valence-electron chi connectivity index (χ4n) is 2.59. The SMILES string of the molecule is CC(C(=O)N(C)C)N1CCCc2c(N)cccc21. The molecular formula is C14H21N3O. The first kappa shape index (κ1) is 12.7. The Labute approximate surface area is 108 Å². The maximum absolute atomic E-state index is 12.1. The predicted molar refractivity (Wildman–Crippen MR) is 74.7 cm³/mol. The number of amides is 1. The minimum absolute atomic E-state index is 0.130. The molecule has 1 unspecified atom stereocenters. The standard InChI is InChI=1S/C14H21N3O/c1-10(14(18)16(2)3)17-9-5-6-11-12(15)7-4-8-13(11)17/h4,7-8,10H,5-6,9,15H2,1-3H3. The second-order valence-corrected chi connectivity index (χ2v) is 5.05. The topological polar surface area (TPSA) is 49.6 Å². The number of likely N-dealkylation sites (N-methyl/N-ethyl adjacent to an activating group) is 1. The molecule has 0 radical (unpaired) electrons. The Hall–Kier alpha value is -1.71. The van der Waals surface area contributed by atoms with Gasteiger partial charge < -0.3 is 15.5 Å². The van der Waals surface area contributed by atoms with Crippen LogP contribution in [0.25, 0.3) is 0 Å². The number of benzene rings is 1. The van der Waals surface area contributed by atoms with Crippen molar-refractivity contribution in [3.63, 3.8) is 0 Å². The summed E-state index contributed by atoms with van der Waals surface area (Å²) in [6, 6.07) is 5.81. The summed E-state index contributed by atoms with van der Waals surface area (Å²) < 4.78 is 0. The molecule has 1 aliphatic heterocycles. The normalized spacial score (nSPS) is 16.1. The van der Waals surface area contributed by atoms with E-state index in [2.05, 4.69) is 11.0 Å². The number of rotatable bonds is 2. The molecule has 1 aromatic carbocycles. The van der Waals surface area contributed by atoms with Crippen LogP contribution in [-0.2, 0) is 11.2 Å². The molecule has 1 aliphatic rings. The average Bonchev–Trinajstić information content (AvgIpc) is 2.37. The lowest BCUT2D eigenvalue weighted by molar-refractivity contribution is -0.129. The number of hydrogen-bond donors (Lipinski definition) is 1. The highest BCUT2D eigenvalue weighted by Crippen LogP contribution is 2.32. The highest BCUT2D eigenvalue weighted by molar-refractivity contribution is 5.85. The molecule has 1 atom stereocenters. The zero-order valence-electron chi connectivity index (χ0n) is 11.3. The number of hydrogen-bond acceptors (Lipinski definition) is 3. The van der Waals surface area contributed by atoms with Gasteiger partial charge in [0, 0.05) is 32.0 Å². The van der Waals surface area contributed by atoms with Gasteiger partial charge in [0.25, 0.3) is 0 Å². The third-order valence-electron chi connectivity index (χ3n) is 3.59. The minimum atomic E-state index is -0.138. The summed E-state index contributed by atoms with van der Waals surface area (Å²) >= 11 is 0. The zero-order chi connectivity index (χ0) is 13.3. The van der Waals surface area contributed by atoms with Crippen LogP contribution in [0.3, 0.4) is 0 Å². The zero-order valence-corrected chi connectivity index (χ0v) is 11.3. The van der Waals surface area contributed by atoms with Crippen LogP contribution >= 0.6 is 0 Å². The fourth-order valence-corrected chi connectivity index (χ4v) is 2.59. The van der Waals surface area contributed by atoms with E-state index in [4.69, 9.17) is 5.73 Å². The van der Waals surface area contributed by atoms with Gasteiger partial charge in [0.05, 0.1) is 0 Å². The van der Waals surface area contributed by atoms with Gasteiger partial charge in [-0.2, -0.15) is 0 Å². The molecule has 0 aliphatic carbocycles. The molecular weight excluding hydrogens is 226 g/mol. The first-order chi connectivity index (χ1) is 8.52. The first-order valence-corrected chi connectivity index (χ1v) is 6.37. The van der Waals surface area contributed by atoms with Crippen LogP contribution in [0.2, 0.25) is 0 Å². The highest BCUT2D eigenvalue weighted by atomic mass is 16.2. The Bertz CT molecular complexity index is 456. The van der Waals surface area contributed by atoms with E-state index in [1.165, 1.54) is 5.56 Å². The smallest absolute Gasteiger partial charge is 0.244 e. The monoisotopic (exact) mass is 247 g/mol. The number of nitrogens with two attached hydrogens (primary N) is 1. The molecule has 1 aromatic rings. The summed E-state index contributed by atoms with van der Waals surface area (Å²) in [4.78, 5) is 15.9. The van der Waals surface area contributed by atoms with Crippen molar-refractivity contribution in [3.05, 3.63) is 23.8 Å². The van der Waals surface area contributed by atoms with Crippen LogP contribution in [0, 0.1) is 0 Å². The Balaban J connectivity index is 2.33. The summed E-state index contributed by atoms with van der Waals surface area (Å²) in [7, 11) is 3.59. The molecule has 2 rings (SSSR count).